The molecule has 2 unspecified atom stereocenters. The van der Waals surface area contributed by atoms with E-state index in [4.69, 9.17) is 15.0 Å². The highest BCUT2D eigenvalue weighted by molar-refractivity contribution is 5.31. The van der Waals surface area contributed by atoms with E-state index in [0.717, 1.165) is 18.6 Å². The second-order valence-electron chi connectivity index (χ2n) is 5.85. The highest BCUT2D eigenvalue weighted by Gasteiger charge is 2.36. The zero-order chi connectivity index (χ0) is 15.5. The lowest BCUT2D eigenvalue weighted by Gasteiger charge is -2.32. The lowest BCUT2D eigenvalue weighted by Crippen LogP contribution is -2.69. The third-order valence-electron chi connectivity index (χ3n) is 4.20. The minimum Gasteiger partial charge on any atom is -0.660 e. The molecule has 1 fully saturated rings. The van der Waals surface area contributed by atoms with Crippen LogP contribution < -0.4 is 14.5 Å². The van der Waals surface area contributed by atoms with Crippen LogP contribution in [-0.2, 0) is 6.61 Å². The molecule has 118 valence electrons. The first-order valence-electron chi connectivity index (χ1n) is 7.75. The SMILES string of the molecule is CC1CCCC(C)N1[n+]1noc([NH-])c1COc1ccccc1. The van der Waals surface area contributed by atoms with E-state index >= 15 is 0 Å². The lowest BCUT2D eigenvalue weighted by atomic mass is 10.00. The summed E-state index contributed by atoms with van der Waals surface area (Å²) < 4.78 is 10.9. The Morgan fingerprint density at radius 1 is 1.27 bits per heavy atom. The molecule has 0 bridgehead atoms. The summed E-state index contributed by atoms with van der Waals surface area (Å²) in [7, 11) is 0. The molecule has 0 amide bonds. The summed E-state index contributed by atoms with van der Waals surface area (Å²) in [5.74, 6) is 0.829. The molecule has 3 rings (SSSR count). The maximum absolute atomic E-state index is 7.95. The van der Waals surface area contributed by atoms with Gasteiger partial charge in [-0.05, 0) is 45.2 Å². The van der Waals surface area contributed by atoms with Crippen molar-refractivity contribution in [3.63, 3.8) is 0 Å². The van der Waals surface area contributed by atoms with E-state index < -0.39 is 0 Å². The van der Waals surface area contributed by atoms with Crippen LogP contribution in [-0.4, -0.2) is 17.4 Å². The molecule has 0 saturated carbocycles. The van der Waals surface area contributed by atoms with Gasteiger partial charge in [0.2, 0.25) is 5.27 Å². The highest BCUT2D eigenvalue weighted by atomic mass is 16.5. The molecular formula is C16H22N4O2. The Morgan fingerprint density at radius 3 is 2.64 bits per heavy atom. The van der Waals surface area contributed by atoms with Gasteiger partial charge in [0.05, 0.1) is 16.9 Å². The van der Waals surface area contributed by atoms with Crippen LogP contribution in [0, 0.1) is 0 Å². The molecule has 2 aromatic rings. The minimum atomic E-state index is 0.0564. The Balaban J connectivity index is 1.81. The Morgan fingerprint density at radius 2 is 1.95 bits per heavy atom. The van der Waals surface area contributed by atoms with Gasteiger partial charge in [0.15, 0.2) is 6.61 Å². The van der Waals surface area contributed by atoms with Crippen molar-refractivity contribution in [1.29, 1.82) is 0 Å². The maximum Gasteiger partial charge on any atom is 0.305 e. The average molecular weight is 302 g/mol. The van der Waals surface area contributed by atoms with Gasteiger partial charge >= 0.3 is 5.69 Å². The molecule has 0 radical (unpaired) electrons. The Kier molecular flexibility index (Phi) is 4.18. The number of hydrogen-bond donors (Lipinski definition) is 0. The number of aromatic nitrogens is 2. The maximum atomic E-state index is 7.95. The van der Waals surface area contributed by atoms with Crippen molar-refractivity contribution in [3.8, 4) is 5.75 Å². The molecule has 1 aliphatic heterocycles. The summed E-state index contributed by atoms with van der Waals surface area (Å²) in [5.41, 5.74) is 8.59. The number of benzene rings is 1. The Hall–Kier alpha value is -2.24. The van der Waals surface area contributed by atoms with Crippen LogP contribution in [0.25, 0.3) is 5.73 Å². The van der Waals surface area contributed by atoms with Crippen molar-refractivity contribution in [1.82, 2.24) is 5.27 Å². The molecule has 22 heavy (non-hydrogen) atoms. The molecule has 1 aromatic heterocycles. The van der Waals surface area contributed by atoms with Crippen molar-refractivity contribution in [3.05, 3.63) is 41.8 Å². The smallest absolute Gasteiger partial charge is 0.305 e. The highest BCUT2D eigenvalue weighted by Crippen LogP contribution is 2.21. The summed E-state index contributed by atoms with van der Waals surface area (Å²) in [6, 6.07) is 10.3. The van der Waals surface area contributed by atoms with Gasteiger partial charge in [-0.15, -0.1) is 5.01 Å². The van der Waals surface area contributed by atoms with E-state index in [0.29, 0.717) is 17.8 Å². The predicted octanol–water partition coefficient (Wildman–Crippen LogP) is 3.12. The molecular weight excluding hydrogens is 280 g/mol. The Bertz CT molecular complexity index is 604. The zero-order valence-corrected chi connectivity index (χ0v) is 13.0. The third kappa shape index (κ3) is 2.86. The summed E-state index contributed by atoms with van der Waals surface area (Å²) in [6.07, 6.45) is 3.47. The molecule has 2 heterocycles. The van der Waals surface area contributed by atoms with Crippen LogP contribution in [0.3, 0.4) is 0 Å². The van der Waals surface area contributed by atoms with Crippen LogP contribution in [0.4, 0.5) is 5.88 Å². The molecule has 1 aliphatic rings. The van der Waals surface area contributed by atoms with Crippen LogP contribution in [0.1, 0.15) is 38.8 Å². The van der Waals surface area contributed by atoms with Crippen LogP contribution in [0.2, 0.25) is 0 Å². The van der Waals surface area contributed by atoms with E-state index in [9.17, 15) is 0 Å². The standard InChI is InChI=1S/C16H22N4O2/c1-12-7-6-8-13(2)19(12)20-15(16(17)22-18-20)11-21-14-9-4-3-5-10-14/h3-5,9-10,12-13,17H,6-8,11H2,1-2H3. The van der Waals surface area contributed by atoms with E-state index in [2.05, 4.69) is 24.1 Å². The average Bonchev–Trinajstić information content (AvgIpc) is 2.87. The van der Waals surface area contributed by atoms with Gasteiger partial charge in [0.25, 0.3) is 0 Å². The Labute approximate surface area is 130 Å². The number of hydrogen-bond acceptors (Lipinski definition) is 4. The molecule has 0 aliphatic carbocycles. The second kappa shape index (κ2) is 6.25. The molecule has 2 atom stereocenters. The van der Waals surface area contributed by atoms with E-state index in [1.54, 1.807) is 4.79 Å². The minimum absolute atomic E-state index is 0.0564. The normalized spacial score (nSPS) is 21.8. The van der Waals surface area contributed by atoms with E-state index in [1.165, 1.54) is 6.42 Å². The number of piperidine rings is 1. The summed E-state index contributed by atoms with van der Waals surface area (Å²) >= 11 is 0. The quantitative estimate of drug-likeness (QED) is 0.814. The van der Waals surface area contributed by atoms with Crippen molar-refractivity contribution in [2.75, 3.05) is 5.01 Å². The second-order valence-corrected chi connectivity index (χ2v) is 5.85. The lowest BCUT2D eigenvalue weighted by molar-refractivity contribution is -0.772. The third-order valence-corrected chi connectivity index (χ3v) is 4.20. The fraction of sp³-hybridized carbons (Fsp3) is 0.500. The van der Waals surface area contributed by atoms with Gasteiger partial charge in [-0.3, -0.25) is 0 Å². The summed E-state index contributed by atoms with van der Waals surface area (Å²) in [5, 5.41) is 6.24. The van der Waals surface area contributed by atoms with Gasteiger partial charge in [0.1, 0.15) is 11.6 Å². The van der Waals surface area contributed by atoms with E-state index in [-0.39, 0.29) is 12.5 Å². The largest absolute Gasteiger partial charge is 0.660 e. The molecule has 1 aromatic carbocycles. The van der Waals surface area contributed by atoms with Crippen LogP contribution in [0.15, 0.2) is 34.9 Å². The monoisotopic (exact) mass is 302 g/mol. The van der Waals surface area contributed by atoms with Crippen molar-refractivity contribution in [2.45, 2.75) is 51.8 Å². The number of nitrogens with one attached hydrogen (secondary N) is 1. The first-order chi connectivity index (χ1) is 10.7. The van der Waals surface area contributed by atoms with Gasteiger partial charge in [-0.2, -0.15) is 0 Å². The summed E-state index contributed by atoms with van der Waals surface area (Å²) in [4.78, 5) is 1.72. The molecule has 6 heteroatoms. The fourth-order valence-corrected chi connectivity index (χ4v) is 3.03. The van der Waals surface area contributed by atoms with Crippen LogP contribution >= 0.6 is 0 Å². The first kappa shape index (κ1) is 14.7. The predicted molar refractivity (Wildman–Crippen MR) is 82.4 cm³/mol. The zero-order valence-electron chi connectivity index (χ0n) is 13.0. The van der Waals surface area contributed by atoms with Crippen molar-refractivity contribution < 1.29 is 14.1 Å². The van der Waals surface area contributed by atoms with Crippen LogP contribution in [0.5, 0.6) is 5.75 Å². The van der Waals surface area contributed by atoms with Crippen molar-refractivity contribution >= 4 is 5.88 Å². The van der Waals surface area contributed by atoms with Crippen molar-refractivity contribution in [2.24, 2.45) is 0 Å². The number of ether oxygens (including phenoxy) is 1. The van der Waals surface area contributed by atoms with Gasteiger partial charge < -0.3 is 15.0 Å². The molecule has 1 N–H and O–H groups in total. The number of rotatable bonds is 4. The van der Waals surface area contributed by atoms with E-state index in [1.807, 2.05) is 30.3 Å². The number of nitrogens with zero attached hydrogens (tertiary/aromatic N) is 3. The topological polar surface area (TPSA) is 66.2 Å². The molecule has 6 nitrogen and oxygen atoms in total. The van der Waals surface area contributed by atoms with Gasteiger partial charge in [0, 0.05) is 0 Å². The summed E-state index contributed by atoms with van der Waals surface area (Å²) in [6.45, 7) is 4.63. The fourth-order valence-electron chi connectivity index (χ4n) is 3.03. The van der Waals surface area contributed by atoms with Gasteiger partial charge in [-0.1, -0.05) is 18.2 Å². The number of para-hydroxylation sites is 1. The molecule has 1 saturated heterocycles. The first-order valence-corrected chi connectivity index (χ1v) is 7.75. The van der Waals surface area contributed by atoms with Gasteiger partial charge in [-0.25, -0.2) is 0 Å². The molecule has 0 spiro atoms.